The van der Waals surface area contributed by atoms with E-state index in [-0.39, 0.29) is 49.1 Å². The second-order valence-corrected chi connectivity index (χ2v) is 11.1. The zero-order valence-electron chi connectivity index (χ0n) is 22.4. The molecule has 0 unspecified atom stereocenters. The SMILES string of the molecule is NCC(=O)N[C@H]1CN(C(=O)NC2CCCCC2)CC[C@H]2CC[C@@H](C(=O)N[C@@H]3CCOc4ccccc43)N2C1=O. The van der Waals surface area contributed by atoms with E-state index in [2.05, 4.69) is 16.0 Å². The summed E-state index contributed by atoms with van der Waals surface area (Å²) in [7, 11) is 0. The second-order valence-electron chi connectivity index (χ2n) is 11.1. The Morgan fingerprint density at radius 1 is 0.923 bits per heavy atom. The van der Waals surface area contributed by atoms with Gasteiger partial charge < -0.3 is 36.2 Å². The van der Waals surface area contributed by atoms with Crippen LogP contribution in [-0.4, -0.2) is 84.0 Å². The first-order chi connectivity index (χ1) is 18.9. The average Bonchev–Trinajstić information content (AvgIpc) is 3.37. The minimum Gasteiger partial charge on any atom is -0.493 e. The van der Waals surface area contributed by atoms with Crippen molar-refractivity contribution in [3.63, 3.8) is 0 Å². The number of para-hydroxylation sites is 1. The maximum Gasteiger partial charge on any atom is 0.317 e. The van der Waals surface area contributed by atoms with Crippen LogP contribution in [0.25, 0.3) is 0 Å². The quantitative estimate of drug-likeness (QED) is 0.441. The molecule has 11 nitrogen and oxygen atoms in total. The number of amides is 5. The van der Waals surface area contributed by atoms with Crippen LogP contribution in [0.2, 0.25) is 0 Å². The van der Waals surface area contributed by atoms with Gasteiger partial charge >= 0.3 is 6.03 Å². The fourth-order valence-corrected chi connectivity index (χ4v) is 6.45. The van der Waals surface area contributed by atoms with Crippen LogP contribution >= 0.6 is 0 Å². The van der Waals surface area contributed by atoms with E-state index in [0.29, 0.717) is 38.8 Å². The smallest absolute Gasteiger partial charge is 0.317 e. The highest BCUT2D eigenvalue weighted by Gasteiger charge is 2.46. The van der Waals surface area contributed by atoms with Crippen LogP contribution in [-0.2, 0) is 14.4 Å². The molecule has 1 saturated carbocycles. The summed E-state index contributed by atoms with van der Waals surface area (Å²) in [5, 5.41) is 9.00. The van der Waals surface area contributed by atoms with Crippen LogP contribution in [0.1, 0.15) is 69.4 Å². The Balaban J connectivity index is 1.31. The number of fused-ring (bicyclic) bond motifs is 2. The second kappa shape index (κ2) is 12.2. The number of ether oxygens (including phenoxy) is 1. The highest BCUT2D eigenvalue weighted by molar-refractivity contribution is 5.94. The molecule has 0 spiro atoms. The van der Waals surface area contributed by atoms with E-state index >= 15 is 0 Å². The predicted molar refractivity (Wildman–Crippen MR) is 144 cm³/mol. The molecule has 4 aliphatic rings. The summed E-state index contributed by atoms with van der Waals surface area (Å²) in [5.41, 5.74) is 6.47. The molecule has 0 radical (unpaired) electrons. The summed E-state index contributed by atoms with van der Waals surface area (Å²) in [5.74, 6) is -0.264. The van der Waals surface area contributed by atoms with Gasteiger partial charge in [0, 0.05) is 30.6 Å². The summed E-state index contributed by atoms with van der Waals surface area (Å²) >= 11 is 0. The van der Waals surface area contributed by atoms with Gasteiger partial charge in [0.2, 0.25) is 17.7 Å². The molecule has 3 aliphatic heterocycles. The van der Waals surface area contributed by atoms with Crippen molar-refractivity contribution in [3.05, 3.63) is 29.8 Å². The number of carbonyl (C=O) groups excluding carboxylic acids is 4. The molecule has 2 saturated heterocycles. The van der Waals surface area contributed by atoms with Crippen molar-refractivity contribution < 1.29 is 23.9 Å². The van der Waals surface area contributed by atoms with Gasteiger partial charge in [-0.3, -0.25) is 14.4 Å². The molecule has 4 atom stereocenters. The highest BCUT2D eigenvalue weighted by Crippen LogP contribution is 2.34. The molecule has 5 N–H and O–H groups in total. The van der Waals surface area contributed by atoms with Crippen LogP contribution in [0.5, 0.6) is 5.75 Å². The maximum atomic E-state index is 13.9. The first kappa shape index (κ1) is 27.2. The topological polar surface area (TPSA) is 146 Å². The molecule has 1 aliphatic carbocycles. The van der Waals surface area contributed by atoms with Gasteiger partial charge in [-0.15, -0.1) is 0 Å². The van der Waals surface area contributed by atoms with Gasteiger partial charge in [0.25, 0.3) is 0 Å². The molecule has 212 valence electrons. The zero-order valence-corrected chi connectivity index (χ0v) is 22.4. The number of nitrogens with zero attached hydrogens (tertiary/aromatic N) is 2. The van der Waals surface area contributed by atoms with Gasteiger partial charge in [-0.25, -0.2) is 4.79 Å². The van der Waals surface area contributed by atoms with E-state index < -0.39 is 18.0 Å². The number of carbonyl (C=O) groups is 4. The van der Waals surface area contributed by atoms with Gasteiger partial charge in [-0.2, -0.15) is 0 Å². The molecule has 1 aromatic rings. The predicted octanol–water partition coefficient (Wildman–Crippen LogP) is 1.18. The minimum atomic E-state index is -0.974. The van der Waals surface area contributed by atoms with E-state index in [9.17, 15) is 19.2 Å². The summed E-state index contributed by atoms with van der Waals surface area (Å²) in [6.07, 6.45) is 7.69. The maximum absolute atomic E-state index is 13.9. The Bertz CT molecular complexity index is 1080. The van der Waals surface area contributed by atoms with E-state index in [4.69, 9.17) is 10.5 Å². The summed E-state index contributed by atoms with van der Waals surface area (Å²) < 4.78 is 5.73. The molecule has 0 bridgehead atoms. The van der Waals surface area contributed by atoms with Crippen molar-refractivity contribution in [3.8, 4) is 5.75 Å². The Morgan fingerprint density at radius 3 is 2.51 bits per heavy atom. The molecular formula is C28H40N6O5. The third kappa shape index (κ3) is 6.13. The first-order valence-electron chi connectivity index (χ1n) is 14.3. The van der Waals surface area contributed by atoms with Crippen molar-refractivity contribution in [1.82, 2.24) is 25.8 Å². The van der Waals surface area contributed by atoms with Gasteiger partial charge in [-0.05, 0) is 38.2 Å². The number of nitrogens with one attached hydrogen (secondary N) is 3. The van der Waals surface area contributed by atoms with Crippen molar-refractivity contribution >= 4 is 23.8 Å². The molecule has 3 fully saturated rings. The molecule has 39 heavy (non-hydrogen) atoms. The van der Waals surface area contributed by atoms with Crippen LogP contribution < -0.4 is 26.4 Å². The lowest BCUT2D eigenvalue weighted by Gasteiger charge is -2.39. The third-order valence-corrected chi connectivity index (χ3v) is 8.51. The number of nitrogens with two attached hydrogens (primary N) is 1. The van der Waals surface area contributed by atoms with E-state index in [1.807, 2.05) is 24.3 Å². The Kier molecular flexibility index (Phi) is 8.54. The number of rotatable bonds is 5. The highest BCUT2D eigenvalue weighted by atomic mass is 16.5. The summed E-state index contributed by atoms with van der Waals surface area (Å²) in [4.78, 5) is 56.3. The van der Waals surface area contributed by atoms with Crippen LogP contribution in [0, 0.1) is 0 Å². The van der Waals surface area contributed by atoms with E-state index in [0.717, 1.165) is 37.0 Å². The summed E-state index contributed by atoms with van der Waals surface area (Å²) in [6.45, 7) is 0.704. The lowest BCUT2D eigenvalue weighted by molar-refractivity contribution is -0.144. The molecule has 3 heterocycles. The molecule has 5 amide bonds. The number of hydrogen-bond donors (Lipinski definition) is 4. The van der Waals surface area contributed by atoms with Gasteiger partial charge in [-0.1, -0.05) is 37.5 Å². The Hall–Kier alpha value is -3.34. The lowest BCUT2D eigenvalue weighted by atomic mass is 9.96. The monoisotopic (exact) mass is 540 g/mol. The number of urea groups is 1. The fourth-order valence-electron chi connectivity index (χ4n) is 6.45. The lowest BCUT2D eigenvalue weighted by Crippen LogP contribution is -2.62. The molecular weight excluding hydrogens is 500 g/mol. The largest absolute Gasteiger partial charge is 0.493 e. The van der Waals surface area contributed by atoms with Crippen molar-refractivity contribution in [2.24, 2.45) is 5.73 Å². The Labute approximate surface area is 229 Å². The zero-order chi connectivity index (χ0) is 27.4. The van der Waals surface area contributed by atoms with Gasteiger partial charge in [0.15, 0.2) is 0 Å². The normalized spacial score (nSPS) is 27.4. The van der Waals surface area contributed by atoms with Gasteiger partial charge in [0.1, 0.15) is 17.8 Å². The van der Waals surface area contributed by atoms with Crippen LogP contribution in [0.3, 0.4) is 0 Å². The molecule has 5 rings (SSSR count). The molecule has 1 aromatic carbocycles. The van der Waals surface area contributed by atoms with E-state index in [1.165, 1.54) is 6.42 Å². The van der Waals surface area contributed by atoms with Crippen LogP contribution in [0.4, 0.5) is 4.79 Å². The van der Waals surface area contributed by atoms with Crippen LogP contribution in [0.15, 0.2) is 24.3 Å². The molecule has 0 aromatic heterocycles. The third-order valence-electron chi connectivity index (χ3n) is 8.51. The fraction of sp³-hybridized carbons (Fsp3) is 0.643. The molecule has 11 heteroatoms. The Morgan fingerprint density at radius 2 is 1.72 bits per heavy atom. The standard InChI is InChI=1S/C28H40N6O5/c29-16-25(35)31-22-17-33(28(38)30-18-6-2-1-3-7-18)14-12-19-10-11-23(34(19)27(22)37)26(36)32-21-13-15-39-24-9-5-4-8-20(21)24/h4-5,8-9,18-19,21-23H,1-3,6-7,10-17,29H2,(H,30,38)(H,31,35)(H,32,36)/t19-,21-,22+,23+/m1/s1. The minimum absolute atomic E-state index is 0.0357. The van der Waals surface area contributed by atoms with Crippen molar-refractivity contribution in [2.45, 2.75) is 88.0 Å². The number of hydrogen-bond acceptors (Lipinski definition) is 6. The number of benzene rings is 1. The van der Waals surface area contributed by atoms with Crippen molar-refractivity contribution in [1.29, 1.82) is 0 Å². The average molecular weight is 541 g/mol. The van der Waals surface area contributed by atoms with Gasteiger partial charge in [0.05, 0.1) is 25.7 Å². The van der Waals surface area contributed by atoms with Crippen molar-refractivity contribution in [2.75, 3.05) is 26.2 Å². The summed E-state index contributed by atoms with van der Waals surface area (Å²) in [6, 6.07) is 5.58. The van der Waals surface area contributed by atoms with E-state index in [1.54, 1.807) is 9.80 Å². The first-order valence-corrected chi connectivity index (χ1v) is 14.3.